The van der Waals surface area contributed by atoms with Crippen LogP contribution in [-0.2, 0) is 19.1 Å². The van der Waals surface area contributed by atoms with Crippen molar-refractivity contribution in [2.75, 3.05) is 0 Å². The van der Waals surface area contributed by atoms with Gasteiger partial charge in [-0.05, 0) is 61.2 Å². The highest BCUT2D eigenvalue weighted by Crippen LogP contribution is 2.36. The van der Waals surface area contributed by atoms with Crippen molar-refractivity contribution < 1.29 is 19.1 Å². The maximum Gasteiger partial charge on any atom is 0.331 e. The minimum atomic E-state index is -0.431. The molecule has 2 aliphatic rings. The van der Waals surface area contributed by atoms with E-state index in [-0.39, 0.29) is 12.2 Å². The Balaban J connectivity index is 1.89. The van der Waals surface area contributed by atoms with E-state index < -0.39 is 11.9 Å². The molecule has 4 nitrogen and oxygen atoms in total. The molecule has 0 heterocycles. The van der Waals surface area contributed by atoms with Crippen LogP contribution in [-0.4, -0.2) is 24.1 Å². The summed E-state index contributed by atoms with van der Waals surface area (Å²) < 4.78 is 11.4. The van der Waals surface area contributed by atoms with E-state index in [2.05, 4.69) is 41.5 Å². The van der Waals surface area contributed by atoms with Crippen LogP contribution >= 0.6 is 0 Å². The second-order valence-electron chi connectivity index (χ2n) is 9.94. The summed E-state index contributed by atoms with van der Waals surface area (Å²) in [7, 11) is 0. The summed E-state index contributed by atoms with van der Waals surface area (Å²) >= 11 is 0. The van der Waals surface area contributed by atoms with Gasteiger partial charge < -0.3 is 9.47 Å². The normalized spacial score (nSPS) is 34.0. The molecule has 2 fully saturated rings. The number of carbonyl (C=O) groups excluding carboxylic acids is 2. The average Bonchev–Trinajstić information content (AvgIpc) is 2.59. The van der Waals surface area contributed by atoms with Crippen molar-refractivity contribution in [1.82, 2.24) is 0 Å². The van der Waals surface area contributed by atoms with Gasteiger partial charge in [-0.2, -0.15) is 0 Å². The van der Waals surface area contributed by atoms with Gasteiger partial charge >= 0.3 is 11.9 Å². The predicted octanol–water partition coefficient (Wildman–Crippen LogP) is 5.55. The smallest absolute Gasteiger partial charge is 0.331 e. The molecule has 0 aromatic heterocycles. The van der Waals surface area contributed by atoms with Crippen LogP contribution in [0.1, 0.15) is 80.1 Å². The Kier molecular flexibility index (Phi) is 8.57. The van der Waals surface area contributed by atoms with Gasteiger partial charge in [0.05, 0.1) is 0 Å². The van der Waals surface area contributed by atoms with Gasteiger partial charge in [-0.15, -0.1) is 0 Å². The van der Waals surface area contributed by atoms with Gasteiger partial charge in [0.25, 0.3) is 0 Å². The summed E-state index contributed by atoms with van der Waals surface area (Å²) in [6.45, 7) is 13.2. The van der Waals surface area contributed by atoms with Crippen LogP contribution in [0.2, 0.25) is 0 Å². The molecular weight excluding hydrogens is 352 g/mol. The third kappa shape index (κ3) is 6.63. The number of carbonyl (C=O) groups is 2. The van der Waals surface area contributed by atoms with Gasteiger partial charge in [-0.3, -0.25) is 0 Å². The van der Waals surface area contributed by atoms with Gasteiger partial charge in [0.1, 0.15) is 12.2 Å². The Labute approximate surface area is 171 Å². The maximum atomic E-state index is 12.3. The zero-order chi connectivity index (χ0) is 20.8. The summed E-state index contributed by atoms with van der Waals surface area (Å²) in [5.74, 6) is 2.05. The lowest BCUT2D eigenvalue weighted by molar-refractivity contribution is -0.152. The first-order valence-electron chi connectivity index (χ1n) is 11.3. The Morgan fingerprint density at radius 1 is 0.714 bits per heavy atom. The standard InChI is InChI=1S/C24H40O4/c1-15(2)19-9-7-17(5)13-21(19)27-23(25)11-12-24(26)28-22-14-18(6)8-10-20(22)16(3)4/h11-12,15-22H,7-10,13-14H2,1-6H3/b12-11+. The van der Waals surface area contributed by atoms with Crippen molar-refractivity contribution in [3.8, 4) is 0 Å². The third-order valence-corrected chi connectivity index (χ3v) is 6.81. The van der Waals surface area contributed by atoms with E-state index in [1.807, 2.05) is 0 Å². The van der Waals surface area contributed by atoms with Gasteiger partial charge in [-0.25, -0.2) is 9.59 Å². The molecule has 2 aliphatic carbocycles. The molecule has 0 amide bonds. The van der Waals surface area contributed by atoms with E-state index in [0.29, 0.717) is 35.5 Å². The van der Waals surface area contributed by atoms with Crippen LogP contribution in [0.15, 0.2) is 12.2 Å². The highest BCUT2D eigenvalue weighted by Gasteiger charge is 2.34. The zero-order valence-electron chi connectivity index (χ0n) is 18.6. The zero-order valence-corrected chi connectivity index (χ0v) is 18.6. The number of rotatable bonds is 6. The molecule has 0 bridgehead atoms. The summed E-state index contributed by atoms with van der Waals surface area (Å²) in [5.41, 5.74) is 0. The van der Waals surface area contributed by atoms with Crippen molar-refractivity contribution in [1.29, 1.82) is 0 Å². The molecule has 0 aliphatic heterocycles. The van der Waals surface area contributed by atoms with Crippen LogP contribution in [0.25, 0.3) is 0 Å². The monoisotopic (exact) mass is 392 g/mol. The van der Waals surface area contributed by atoms with Crippen LogP contribution in [0.5, 0.6) is 0 Å². The SMILES string of the molecule is CC1CCC(C(C)C)C(OC(=O)/C=C/C(=O)OC2CC(C)CCC2C(C)C)C1. The summed E-state index contributed by atoms with van der Waals surface area (Å²) in [4.78, 5) is 24.6. The molecule has 2 rings (SSSR count). The van der Waals surface area contributed by atoms with Crippen molar-refractivity contribution in [2.24, 2.45) is 35.5 Å². The van der Waals surface area contributed by atoms with Gasteiger partial charge in [0.15, 0.2) is 0 Å². The molecule has 6 unspecified atom stereocenters. The fourth-order valence-corrected chi connectivity index (χ4v) is 5.01. The highest BCUT2D eigenvalue weighted by molar-refractivity contribution is 5.91. The van der Waals surface area contributed by atoms with Crippen molar-refractivity contribution >= 4 is 11.9 Å². The molecule has 0 spiro atoms. The van der Waals surface area contributed by atoms with Crippen molar-refractivity contribution in [2.45, 2.75) is 92.3 Å². The number of hydrogen-bond acceptors (Lipinski definition) is 4. The summed E-state index contributed by atoms with van der Waals surface area (Å²) in [5, 5.41) is 0. The topological polar surface area (TPSA) is 52.6 Å². The third-order valence-electron chi connectivity index (χ3n) is 6.81. The van der Waals surface area contributed by atoms with Gasteiger partial charge in [-0.1, -0.05) is 54.4 Å². The maximum absolute atomic E-state index is 12.3. The minimum absolute atomic E-state index is 0.0542. The summed E-state index contributed by atoms with van der Waals surface area (Å²) in [6, 6.07) is 0. The highest BCUT2D eigenvalue weighted by atomic mass is 16.5. The lowest BCUT2D eigenvalue weighted by Crippen LogP contribution is -2.36. The van der Waals surface area contributed by atoms with Crippen molar-refractivity contribution in [3.63, 3.8) is 0 Å². The minimum Gasteiger partial charge on any atom is -0.459 e. The van der Waals surface area contributed by atoms with Crippen LogP contribution in [0.3, 0.4) is 0 Å². The molecule has 6 atom stereocenters. The first-order chi connectivity index (χ1) is 13.2. The molecule has 0 saturated heterocycles. The lowest BCUT2D eigenvalue weighted by Gasteiger charge is -2.36. The second-order valence-corrected chi connectivity index (χ2v) is 9.94. The van der Waals surface area contributed by atoms with E-state index in [1.54, 1.807) is 0 Å². The Bertz CT molecular complexity index is 503. The van der Waals surface area contributed by atoms with Crippen LogP contribution in [0.4, 0.5) is 0 Å². The number of esters is 2. The van der Waals surface area contributed by atoms with Crippen LogP contribution in [0, 0.1) is 35.5 Å². The summed E-state index contributed by atoms with van der Waals surface area (Å²) in [6.07, 6.45) is 8.77. The Morgan fingerprint density at radius 2 is 1.07 bits per heavy atom. The first-order valence-corrected chi connectivity index (χ1v) is 11.3. The van der Waals surface area contributed by atoms with Crippen molar-refractivity contribution in [3.05, 3.63) is 12.2 Å². The molecule has 160 valence electrons. The molecule has 4 heteroatoms. The fraction of sp³-hybridized carbons (Fsp3) is 0.833. The molecule has 2 saturated carbocycles. The lowest BCUT2D eigenvalue weighted by atomic mass is 9.75. The molecule has 0 radical (unpaired) electrons. The first kappa shape index (κ1) is 23.0. The molecule has 0 aromatic rings. The fourth-order valence-electron chi connectivity index (χ4n) is 5.01. The number of hydrogen-bond donors (Lipinski definition) is 0. The number of ether oxygens (including phenoxy) is 2. The largest absolute Gasteiger partial charge is 0.459 e. The molecule has 0 aromatic carbocycles. The van der Waals surface area contributed by atoms with Crippen LogP contribution < -0.4 is 0 Å². The van der Waals surface area contributed by atoms with E-state index in [0.717, 1.165) is 25.7 Å². The van der Waals surface area contributed by atoms with Gasteiger partial charge in [0.2, 0.25) is 0 Å². The average molecular weight is 393 g/mol. The second kappa shape index (κ2) is 10.5. The Hall–Kier alpha value is -1.32. The molecule has 28 heavy (non-hydrogen) atoms. The van der Waals surface area contributed by atoms with E-state index >= 15 is 0 Å². The quantitative estimate of drug-likeness (QED) is 0.439. The molecule has 0 N–H and O–H groups in total. The van der Waals surface area contributed by atoms with Gasteiger partial charge in [0, 0.05) is 12.2 Å². The van der Waals surface area contributed by atoms with E-state index in [9.17, 15) is 9.59 Å². The molecular formula is C24H40O4. The van der Waals surface area contributed by atoms with E-state index in [4.69, 9.17) is 9.47 Å². The Morgan fingerprint density at radius 3 is 1.39 bits per heavy atom. The van der Waals surface area contributed by atoms with E-state index in [1.165, 1.54) is 25.0 Å². The predicted molar refractivity (Wildman–Crippen MR) is 112 cm³/mol.